The lowest BCUT2D eigenvalue weighted by Gasteiger charge is -2.40. The van der Waals surface area contributed by atoms with Gasteiger partial charge in [-0.15, -0.1) is 12.4 Å². The summed E-state index contributed by atoms with van der Waals surface area (Å²) in [4.78, 5) is 26.0. The molecule has 0 saturated carbocycles. The van der Waals surface area contributed by atoms with Crippen molar-refractivity contribution in [3.8, 4) is 0 Å². The highest BCUT2D eigenvalue weighted by atomic mass is 35.5. The summed E-state index contributed by atoms with van der Waals surface area (Å²) < 4.78 is 32.6. The van der Waals surface area contributed by atoms with Gasteiger partial charge in [-0.1, -0.05) is 6.07 Å². The number of sulfonamides is 1. The van der Waals surface area contributed by atoms with Gasteiger partial charge < -0.3 is 15.0 Å². The van der Waals surface area contributed by atoms with Crippen molar-refractivity contribution in [3.05, 3.63) is 29.3 Å². The van der Waals surface area contributed by atoms with E-state index in [-0.39, 0.29) is 41.4 Å². The van der Waals surface area contributed by atoms with Crippen LogP contribution in [0.2, 0.25) is 0 Å². The molecule has 8 nitrogen and oxygen atoms in total. The number of rotatable bonds is 4. The van der Waals surface area contributed by atoms with Crippen LogP contribution in [0.3, 0.4) is 0 Å². The summed E-state index contributed by atoms with van der Waals surface area (Å²) in [6.07, 6.45) is 1.48. The standard InChI is InChI=1S/C18H25N3O5S.ClH/c1-13-15(18(23)26-2)6-3-7-16(13)27(24,25)20-9-4-5-14(12-20)21-10-8-19-11-17(21)22;/h3,6-7,14,19H,4-5,8-12H2,1-2H3;1H. The van der Waals surface area contributed by atoms with Gasteiger partial charge in [0.1, 0.15) is 0 Å². The van der Waals surface area contributed by atoms with Gasteiger partial charge in [-0.3, -0.25) is 4.79 Å². The molecule has 3 rings (SSSR count). The van der Waals surface area contributed by atoms with Gasteiger partial charge in [-0.25, -0.2) is 13.2 Å². The molecule has 1 N–H and O–H groups in total. The van der Waals surface area contributed by atoms with Crippen LogP contribution in [-0.4, -0.2) is 75.4 Å². The number of hydrogen-bond donors (Lipinski definition) is 1. The number of halogens is 1. The molecule has 1 unspecified atom stereocenters. The molecule has 1 amide bonds. The first-order chi connectivity index (χ1) is 12.9. The molecule has 0 aliphatic carbocycles. The van der Waals surface area contributed by atoms with Gasteiger partial charge in [-0.05, 0) is 37.5 Å². The molecule has 0 spiro atoms. The maximum absolute atomic E-state index is 13.2. The Morgan fingerprint density at radius 2 is 2.04 bits per heavy atom. The lowest BCUT2D eigenvalue weighted by atomic mass is 10.1. The number of benzene rings is 1. The van der Waals surface area contributed by atoms with Crippen LogP contribution in [0.1, 0.15) is 28.8 Å². The van der Waals surface area contributed by atoms with Crippen molar-refractivity contribution in [2.45, 2.75) is 30.7 Å². The normalized spacial score (nSPS) is 21.1. The quantitative estimate of drug-likeness (QED) is 0.708. The van der Waals surface area contributed by atoms with Crippen LogP contribution in [0.15, 0.2) is 23.1 Å². The number of ether oxygens (including phenoxy) is 1. The average molecular weight is 432 g/mol. The Morgan fingerprint density at radius 1 is 1.29 bits per heavy atom. The molecule has 2 heterocycles. The third-order valence-electron chi connectivity index (χ3n) is 5.23. The van der Waals surface area contributed by atoms with Gasteiger partial charge in [0, 0.05) is 32.2 Å². The molecule has 2 aliphatic rings. The SMILES string of the molecule is COC(=O)c1cccc(S(=O)(=O)N2CCCC(N3CCNCC3=O)C2)c1C.Cl. The van der Waals surface area contributed by atoms with Crippen molar-refractivity contribution < 1.29 is 22.7 Å². The van der Waals surface area contributed by atoms with Crippen LogP contribution in [0, 0.1) is 6.92 Å². The van der Waals surface area contributed by atoms with E-state index in [9.17, 15) is 18.0 Å². The Labute approximate surface area is 171 Å². The molecule has 2 aliphatic heterocycles. The van der Waals surface area contributed by atoms with Crippen molar-refractivity contribution in [2.75, 3.05) is 39.8 Å². The van der Waals surface area contributed by atoms with E-state index in [1.807, 2.05) is 0 Å². The summed E-state index contributed by atoms with van der Waals surface area (Å²) in [5.74, 6) is -0.554. The van der Waals surface area contributed by atoms with Crippen LogP contribution in [0.4, 0.5) is 0 Å². The Hall–Kier alpha value is -1.68. The average Bonchev–Trinajstić information content (AvgIpc) is 2.68. The van der Waals surface area contributed by atoms with E-state index in [0.717, 1.165) is 13.0 Å². The zero-order valence-electron chi connectivity index (χ0n) is 16.0. The van der Waals surface area contributed by atoms with Gasteiger partial charge in [-0.2, -0.15) is 4.31 Å². The van der Waals surface area contributed by atoms with Gasteiger partial charge in [0.25, 0.3) is 0 Å². The third kappa shape index (κ3) is 4.32. The number of methoxy groups -OCH3 is 1. The lowest BCUT2D eigenvalue weighted by Crippen LogP contribution is -2.57. The molecule has 2 fully saturated rings. The number of nitrogens with one attached hydrogen (secondary N) is 1. The monoisotopic (exact) mass is 431 g/mol. The fourth-order valence-corrected chi connectivity index (χ4v) is 5.53. The van der Waals surface area contributed by atoms with E-state index in [2.05, 4.69) is 5.32 Å². The topological polar surface area (TPSA) is 96.0 Å². The minimum atomic E-state index is -3.77. The van der Waals surface area contributed by atoms with Crippen LogP contribution in [0.5, 0.6) is 0 Å². The predicted molar refractivity (Wildman–Crippen MR) is 106 cm³/mol. The zero-order valence-corrected chi connectivity index (χ0v) is 17.6. The summed E-state index contributed by atoms with van der Waals surface area (Å²) in [6, 6.07) is 4.50. The second kappa shape index (κ2) is 9.21. The first-order valence-electron chi connectivity index (χ1n) is 9.04. The first-order valence-corrected chi connectivity index (χ1v) is 10.5. The van der Waals surface area contributed by atoms with E-state index in [0.29, 0.717) is 31.6 Å². The molecule has 1 atom stereocenters. The van der Waals surface area contributed by atoms with E-state index < -0.39 is 16.0 Å². The van der Waals surface area contributed by atoms with E-state index in [1.54, 1.807) is 24.0 Å². The maximum atomic E-state index is 13.2. The molecule has 0 bridgehead atoms. The largest absolute Gasteiger partial charge is 0.465 e. The van der Waals surface area contributed by atoms with Crippen molar-refractivity contribution in [2.24, 2.45) is 0 Å². The minimum absolute atomic E-state index is 0. The zero-order chi connectivity index (χ0) is 19.6. The van der Waals surface area contributed by atoms with Gasteiger partial charge in [0.2, 0.25) is 15.9 Å². The van der Waals surface area contributed by atoms with Crippen LogP contribution < -0.4 is 5.32 Å². The minimum Gasteiger partial charge on any atom is -0.465 e. The van der Waals surface area contributed by atoms with E-state index in [1.165, 1.54) is 17.5 Å². The Morgan fingerprint density at radius 3 is 2.71 bits per heavy atom. The molecule has 2 saturated heterocycles. The lowest BCUT2D eigenvalue weighted by molar-refractivity contribution is -0.135. The highest BCUT2D eigenvalue weighted by molar-refractivity contribution is 7.89. The molecule has 28 heavy (non-hydrogen) atoms. The Kier molecular flexibility index (Phi) is 7.44. The summed E-state index contributed by atoms with van der Waals surface area (Å²) in [6.45, 7) is 3.89. The highest BCUT2D eigenvalue weighted by Crippen LogP contribution is 2.27. The van der Waals surface area contributed by atoms with Crippen molar-refractivity contribution in [1.82, 2.24) is 14.5 Å². The first kappa shape index (κ1) is 22.6. The summed E-state index contributed by atoms with van der Waals surface area (Å²) in [5, 5.41) is 3.03. The van der Waals surface area contributed by atoms with Crippen LogP contribution in [-0.2, 0) is 19.6 Å². The number of esters is 1. The van der Waals surface area contributed by atoms with Gasteiger partial charge in [0.15, 0.2) is 0 Å². The van der Waals surface area contributed by atoms with Gasteiger partial charge in [0.05, 0.1) is 24.1 Å². The number of hydrogen-bond acceptors (Lipinski definition) is 6. The number of piperidine rings is 1. The maximum Gasteiger partial charge on any atom is 0.338 e. The molecule has 10 heteroatoms. The highest BCUT2D eigenvalue weighted by Gasteiger charge is 2.36. The van der Waals surface area contributed by atoms with Gasteiger partial charge >= 0.3 is 5.97 Å². The third-order valence-corrected chi connectivity index (χ3v) is 7.24. The fraction of sp³-hybridized carbons (Fsp3) is 0.556. The van der Waals surface area contributed by atoms with E-state index in [4.69, 9.17) is 4.74 Å². The second-order valence-electron chi connectivity index (χ2n) is 6.84. The summed E-state index contributed by atoms with van der Waals surface area (Å²) >= 11 is 0. The number of nitrogens with zero attached hydrogens (tertiary/aromatic N) is 2. The Bertz CT molecular complexity index is 846. The fourth-order valence-electron chi connectivity index (χ4n) is 3.76. The molecule has 1 aromatic carbocycles. The molecule has 0 radical (unpaired) electrons. The number of piperazine rings is 1. The van der Waals surface area contributed by atoms with E-state index >= 15 is 0 Å². The van der Waals surface area contributed by atoms with Crippen molar-refractivity contribution >= 4 is 34.3 Å². The molecule has 0 aromatic heterocycles. The van der Waals surface area contributed by atoms with Crippen molar-refractivity contribution in [3.63, 3.8) is 0 Å². The number of carbonyl (C=O) groups excluding carboxylic acids is 2. The van der Waals surface area contributed by atoms with Crippen molar-refractivity contribution in [1.29, 1.82) is 0 Å². The second-order valence-corrected chi connectivity index (χ2v) is 8.75. The van der Waals surface area contributed by atoms with Crippen LogP contribution >= 0.6 is 12.4 Å². The Balaban J connectivity index is 0.00000280. The predicted octanol–water partition coefficient (Wildman–Crippen LogP) is 0.788. The summed E-state index contributed by atoms with van der Waals surface area (Å²) in [5.41, 5.74) is 0.620. The number of carbonyl (C=O) groups is 2. The molecular formula is C18H26ClN3O5S. The van der Waals surface area contributed by atoms with Crippen LogP contribution in [0.25, 0.3) is 0 Å². The molecular weight excluding hydrogens is 406 g/mol. The summed E-state index contributed by atoms with van der Waals surface area (Å²) in [7, 11) is -2.51. The molecule has 1 aromatic rings. The molecule has 156 valence electrons. The smallest absolute Gasteiger partial charge is 0.338 e. The number of amides is 1.